The average molecular weight is 277 g/mol. The van der Waals surface area contributed by atoms with E-state index in [-0.39, 0.29) is 12.5 Å². The second-order valence-corrected chi connectivity index (χ2v) is 4.93. The van der Waals surface area contributed by atoms with E-state index in [4.69, 9.17) is 10.8 Å². The molecule has 0 spiro atoms. The Hall–Kier alpha value is -1.76. The SMILES string of the molecule is NCc1nc(C(=O)NCc2ccc(CO)cc2)cs1. The van der Waals surface area contributed by atoms with Crippen LogP contribution in [0.2, 0.25) is 0 Å². The van der Waals surface area contributed by atoms with Crippen molar-refractivity contribution < 1.29 is 9.90 Å². The maximum absolute atomic E-state index is 11.8. The lowest BCUT2D eigenvalue weighted by atomic mass is 10.1. The Balaban J connectivity index is 1.92. The third-order valence-electron chi connectivity index (χ3n) is 2.62. The van der Waals surface area contributed by atoms with Gasteiger partial charge in [-0.15, -0.1) is 11.3 Å². The summed E-state index contributed by atoms with van der Waals surface area (Å²) in [6, 6.07) is 7.41. The highest BCUT2D eigenvalue weighted by Crippen LogP contribution is 2.09. The molecule has 2 aromatic rings. The molecule has 5 nitrogen and oxygen atoms in total. The molecule has 0 bridgehead atoms. The summed E-state index contributed by atoms with van der Waals surface area (Å²) < 4.78 is 0. The van der Waals surface area contributed by atoms with E-state index < -0.39 is 0 Å². The quantitative estimate of drug-likeness (QED) is 0.761. The average Bonchev–Trinajstić information content (AvgIpc) is 2.94. The summed E-state index contributed by atoms with van der Waals surface area (Å²) in [5.74, 6) is -0.206. The molecule has 0 aliphatic carbocycles. The summed E-state index contributed by atoms with van der Waals surface area (Å²) in [5, 5.41) is 14.2. The number of aromatic nitrogens is 1. The van der Waals surface area contributed by atoms with Crippen molar-refractivity contribution in [3.63, 3.8) is 0 Å². The molecular formula is C13H15N3O2S. The van der Waals surface area contributed by atoms with Crippen LogP contribution in [0.5, 0.6) is 0 Å². The Morgan fingerprint density at radius 3 is 2.58 bits per heavy atom. The van der Waals surface area contributed by atoms with Crippen LogP contribution in [-0.4, -0.2) is 16.0 Å². The van der Waals surface area contributed by atoms with Gasteiger partial charge in [-0.25, -0.2) is 4.98 Å². The Bertz CT molecular complexity index is 551. The zero-order valence-corrected chi connectivity index (χ0v) is 11.1. The van der Waals surface area contributed by atoms with E-state index in [9.17, 15) is 4.79 Å². The fourth-order valence-electron chi connectivity index (χ4n) is 1.54. The van der Waals surface area contributed by atoms with Crippen LogP contribution in [0.1, 0.15) is 26.6 Å². The Kier molecular flexibility index (Phi) is 4.62. The number of nitrogens with two attached hydrogens (primary N) is 1. The van der Waals surface area contributed by atoms with Crippen molar-refractivity contribution >= 4 is 17.2 Å². The highest BCUT2D eigenvalue weighted by molar-refractivity contribution is 7.09. The number of aliphatic hydroxyl groups excluding tert-OH is 1. The predicted octanol–water partition coefficient (Wildman–Crippen LogP) is 1.02. The normalized spacial score (nSPS) is 10.4. The van der Waals surface area contributed by atoms with Gasteiger partial charge in [-0.2, -0.15) is 0 Å². The highest BCUT2D eigenvalue weighted by atomic mass is 32.1. The van der Waals surface area contributed by atoms with Crippen molar-refractivity contribution in [1.29, 1.82) is 0 Å². The second kappa shape index (κ2) is 6.42. The minimum absolute atomic E-state index is 0.0212. The van der Waals surface area contributed by atoms with Crippen LogP contribution in [0.4, 0.5) is 0 Å². The van der Waals surface area contributed by atoms with Gasteiger partial charge in [0.25, 0.3) is 5.91 Å². The zero-order valence-electron chi connectivity index (χ0n) is 10.3. The van der Waals surface area contributed by atoms with Gasteiger partial charge in [0.15, 0.2) is 0 Å². The van der Waals surface area contributed by atoms with Gasteiger partial charge in [-0.1, -0.05) is 24.3 Å². The van der Waals surface area contributed by atoms with Gasteiger partial charge in [0.2, 0.25) is 0 Å². The number of nitrogens with zero attached hydrogens (tertiary/aromatic N) is 1. The maximum Gasteiger partial charge on any atom is 0.271 e. The van der Waals surface area contributed by atoms with Gasteiger partial charge >= 0.3 is 0 Å². The van der Waals surface area contributed by atoms with Crippen molar-refractivity contribution in [3.8, 4) is 0 Å². The summed E-state index contributed by atoms with van der Waals surface area (Å²) in [5.41, 5.74) is 7.67. The molecule has 0 unspecified atom stereocenters. The number of amides is 1. The van der Waals surface area contributed by atoms with Crippen LogP contribution in [0.25, 0.3) is 0 Å². The van der Waals surface area contributed by atoms with E-state index in [1.165, 1.54) is 11.3 Å². The molecule has 0 saturated heterocycles. The van der Waals surface area contributed by atoms with Crippen molar-refractivity contribution in [3.05, 3.63) is 51.5 Å². The molecule has 1 aromatic heterocycles. The first-order valence-corrected chi connectivity index (χ1v) is 6.72. The van der Waals surface area contributed by atoms with E-state index in [0.29, 0.717) is 18.8 Å². The van der Waals surface area contributed by atoms with Crippen molar-refractivity contribution in [2.24, 2.45) is 5.73 Å². The van der Waals surface area contributed by atoms with E-state index >= 15 is 0 Å². The summed E-state index contributed by atoms with van der Waals surface area (Å²) in [4.78, 5) is 15.9. The number of hydrogen-bond acceptors (Lipinski definition) is 5. The van der Waals surface area contributed by atoms with Crippen LogP contribution < -0.4 is 11.1 Å². The molecule has 0 radical (unpaired) electrons. The van der Waals surface area contributed by atoms with Gasteiger partial charge in [0, 0.05) is 18.5 Å². The predicted molar refractivity (Wildman–Crippen MR) is 73.5 cm³/mol. The lowest BCUT2D eigenvalue weighted by Gasteiger charge is -2.04. The number of carbonyl (C=O) groups excluding carboxylic acids is 1. The number of nitrogens with one attached hydrogen (secondary N) is 1. The van der Waals surface area contributed by atoms with Gasteiger partial charge in [-0.05, 0) is 11.1 Å². The standard InChI is InChI=1S/C13H15N3O2S/c14-5-12-16-11(8-19-12)13(18)15-6-9-1-3-10(7-17)4-2-9/h1-4,8,17H,5-7,14H2,(H,15,18). The molecule has 1 aromatic carbocycles. The van der Waals surface area contributed by atoms with Crippen LogP contribution in [0.15, 0.2) is 29.6 Å². The van der Waals surface area contributed by atoms with Gasteiger partial charge in [0.1, 0.15) is 10.7 Å². The van der Waals surface area contributed by atoms with E-state index in [2.05, 4.69) is 10.3 Å². The molecule has 0 saturated carbocycles. The number of aliphatic hydroxyl groups is 1. The first kappa shape index (κ1) is 13.7. The highest BCUT2D eigenvalue weighted by Gasteiger charge is 2.09. The van der Waals surface area contributed by atoms with E-state index in [1.54, 1.807) is 5.38 Å². The maximum atomic E-state index is 11.8. The molecule has 0 atom stereocenters. The first-order chi connectivity index (χ1) is 9.22. The largest absolute Gasteiger partial charge is 0.392 e. The van der Waals surface area contributed by atoms with Crippen LogP contribution in [0.3, 0.4) is 0 Å². The summed E-state index contributed by atoms with van der Waals surface area (Å²) in [7, 11) is 0. The van der Waals surface area contributed by atoms with Crippen molar-refractivity contribution in [2.45, 2.75) is 19.7 Å². The lowest BCUT2D eigenvalue weighted by Crippen LogP contribution is -2.23. The number of rotatable bonds is 5. The molecular weight excluding hydrogens is 262 g/mol. The molecule has 1 amide bonds. The third kappa shape index (κ3) is 3.60. The molecule has 1 heterocycles. The fraction of sp³-hybridized carbons (Fsp3) is 0.231. The summed E-state index contributed by atoms with van der Waals surface area (Å²) >= 11 is 1.38. The lowest BCUT2D eigenvalue weighted by molar-refractivity contribution is 0.0946. The van der Waals surface area contributed by atoms with Crippen LogP contribution in [0, 0.1) is 0 Å². The van der Waals surface area contributed by atoms with Gasteiger partial charge in [-0.3, -0.25) is 4.79 Å². The van der Waals surface area contributed by atoms with Gasteiger partial charge in [0.05, 0.1) is 6.61 Å². The second-order valence-electron chi connectivity index (χ2n) is 3.99. The minimum atomic E-state index is -0.206. The number of thiazole rings is 1. The Morgan fingerprint density at radius 2 is 2.00 bits per heavy atom. The topological polar surface area (TPSA) is 88.2 Å². The summed E-state index contributed by atoms with van der Waals surface area (Å²) in [6.45, 7) is 0.800. The number of carbonyl (C=O) groups is 1. The fourth-order valence-corrected chi connectivity index (χ4v) is 2.20. The molecule has 0 aliphatic heterocycles. The van der Waals surface area contributed by atoms with Crippen LogP contribution >= 0.6 is 11.3 Å². The monoisotopic (exact) mass is 277 g/mol. The Labute approximate surface area is 115 Å². The number of benzene rings is 1. The zero-order chi connectivity index (χ0) is 13.7. The smallest absolute Gasteiger partial charge is 0.271 e. The van der Waals surface area contributed by atoms with Crippen LogP contribution in [-0.2, 0) is 19.7 Å². The molecule has 4 N–H and O–H groups in total. The molecule has 2 rings (SSSR count). The molecule has 0 fully saturated rings. The minimum Gasteiger partial charge on any atom is -0.392 e. The molecule has 19 heavy (non-hydrogen) atoms. The number of hydrogen-bond donors (Lipinski definition) is 3. The molecule has 6 heteroatoms. The van der Waals surface area contributed by atoms with Gasteiger partial charge < -0.3 is 16.2 Å². The van der Waals surface area contributed by atoms with Crippen molar-refractivity contribution in [1.82, 2.24) is 10.3 Å². The molecule has 0 aliphatic rings. The summed E-state index contributed by atoms with van der Waals surface area (Å²) in [6.07, 6.45) is 0. The van der Waals surface area contributed by atoms with Crippen molar-refractivity contribution in [2.75, 3.05) is 0 Å². The Morgan fingerprint density at radius 1 is 1.32 bits per heavy atom. The van der Waals surface area contributed by atoms with E-state index in [0.717, 1.165) is 16.1 Å². The van der Waals surface area contributed by atoms with E-state index in [1.807, 2.05) is 24.3 Å². The molecule has 100 valence electrons. The first-order valence-electron chi connectivity index (χ1n) is 5.84. The third-order valence-corrected chi connectivity index (χ3v) is 3.49.